The van der Waals surface area contributed by atoms with Crippen molar-refractivity contribution in [3.8, 4) is 0 Å². The Morgan fingerprint density at radius 2 is 2.00 bits per heavy atom. The van der Waals surface area contributed by atoms with Crippen LogP contribution in [0.3, 0.4) is 0 Å². The van der Waals surface area contributed by atoms with Gasteiger partial charge in [0, 0.05) is 6.54 Å². The molecule has 22 heavy (non-hydrogen) atoms. The maximum absolute atomic E-state index is 12.4. The number of carboxylic acid groups (broad SMARTS) is 1. The van der Waals surface area contributed by atoms with Crippen LogP contribution in [0.1, 0.15) is 33.1 Å². The third-order valence-corrected chi connectivity index (χ3v) is 3.60. The van der Waals surface area contributed by atoms with E-state index in [4.69, 9.17) is 5.11 Å². The summed E-state index contributed by atoms with van der Waals surface area (Å²) in [5.41, 5.74) is 0. The number of halogens is 3. The Kier molecular flexibility index (Phi) is 6.65. The van der Waals surface area contributed by atoms with Crippen molar-refractivity contribution < 1.29 is 27.9 Å². The highest BCUT2D eigenvalue weighted by Gasteiger charge is 2.35. The molecule has 0 aromatic heterocycles. The van der Waals surface area contributed by atoms with Crippen molar-refractivity contribution >= 4 is 11.9 Å². The number of rotatable bonds is 6. The lowest BCUT2D eigenvalue weighted by atomic mass is 9.96. The van der Waals surface area contributed by atoms with Crippen molar-refractivity contribution in [3.63, 3.8) is 0 Å². The molecule has 1 fully saturated rings. The number of likely N-dealkylation sites (tertiary alicyclic amines) is 1. The summed E-state index contributed by atoms with van der Waals surface area (Å²) in [5, 5.41) is 11.6. The molecular weight excluding hydrogens is 301 g/mol. The molecule has 0 aromatic carbocycles. The SMILES string of the molecule is CC(C)CC(NC(=O)C1CCCN(CC(F)(F)F)C1)C(=O)O. The van der Waals surface area contributed by atoms with Gasteiger partial charge in [-0.2, -0.15) is 13.2 Å². The van der Waals surface area contributed by atoms with Crippen LogP contribution < -0.4 is 5.32 Å². The van der Waals surface area contributed by atoms with Gasteiger partial charge in [-0.25, -0.2) is 4.79 Å². The molecule has 2 unspecified atom stereocenters. The maximum atomic E-state index is 12.4. The van der Waals surface area contributed by atoms with E-state index in [0.717, 1.165) is 0 Å². The van der Waals surface area contributed by atoms with Crippen LogP contribution in [0.25, 0.3) is 0 Å². The van der Waals surface area contributed by atoms with Gasteiger partial charge in [0.15, 0.2) is 0 Å². The standard InChI is InChI=1S/C14H23F3N2O3/c1-9(2)6-11(13(21)22)18-12(20)10-4-3-5-19(7-10)8-14(15,16)17/h9-11H,3-8H2,1-2H3,(H,18,20)(H,21,22). The number of aliphatic carboxylic acids is 1. The summed E-state index contributed by atoms with van der Waals surface area (Å²) in [6.45, 7) is 2.96. The van der Waals surface area contributed by atoms with Gasteiger partial charge in [0.05, 0.1) is 12.5 Å². The minimum absolute atomic E-state index is 0.0133. The van der Waals surface area contributed by atoms with Crippen LogP contribution in [0, 0.1) is 11.8 Å². The van der Waals surface area contributed by atoms with Crippen LogP contribution in [0.15, 0.2) is 0 Å². The second kappa shape index (κ2) is 7.80. The average Bonchev–Trinajstić information content (AvgIpc) is 2.35. The van der Waals surface area contributed by atoms with E-state index in [1.165, 1.54) is 4.90 Å². The largest absolute Gasteiger partial charge is 0.480 e. The Labute approximate surface area is 127 Å². The Morgan fingerprint density at radius 1 is 1.36 bits per heavy atom. The fraction of sp³-hybridized carbons (Fsp3) is 0.857. The highest BCUT2D eigenvalue weighted by Crippen LogP contribution is 2.22. The van der Waals surface area contributed by atoms with Crippen LogP contribution in [0.5, 0.6) is 0 Å². The molecule has 0 aromatic rings. The molecule has 5 nitrogen and oxygen atoms in total. The zero-order valence-electron chi connectivity index (χ0n) is 12.8. The predicted octanol–water partition coefficient (Wildman–Crippen LogP) is 1.88. The number of carbonyl (C=O) groups excluding carboxylic acids is 1. The van der Waals surface area contributed by atoms with E-state index >= 15 is 0 Å². The summed E-state index contributed by atoms with van der Waals surface area (Å²) >= 11 is 0. The Balaban J connectivity index is 2.58. The highest BCUT2D eigenvalue weighted by molar-refractivity contribution is 5.85. The van der Waals surface area contributed by atoms with E-state index < -0.39 is 36.6 Å². The zero-order chi connectivity index (χ0) is 16.9. The van der Waals surface area contributed by atoms with E-state index in [9.17, 15) is 22.8 Å². The smallest absolute Gasteiger partial charge is 0.401 e. The van der Waals surface area contributed by atoms with Gasteiger partial charge in [-0.15, -0.1) is 0 Å². The number of nitrogens with zero attached hydrogens (tertiary/aromatic N) is 1. The molecule has 0 bridgehead atoms. The van der Waals surface area contributed by atoms with E-state index in [2.05, 4.69) is 5.32 Å². The zero-order valence-corrected chi connectivity index (χ0v) is 12.8. The first-order chi connectivity index (χ1) is 10.1. The van der Waals surface area contributed by atoms with Gasteiger partial charge in [-0.05, 0) is 31.7 Å². The molecule has 128 valence electrons. The Morgan fingerprint density at radius 3 is 2.50 bits per heavy atom. The topological polar surface area (TPSA) is 69.6 Å². The van der Waals surface area contributed by atoms with Gasteiger partial charge >= 0.3 is 12.1 Å². The summed E-state index contributed by atoms with van der Waals surface area (Å²) < 4.78 is 37.2. The monoisotopic (exact) mass is 324 g/mol. The Bertz CT molecular complexity index is 399. The lowest BCUT2D eigenvalue weighted by molar-refractivity contribution is -0.152. The molecule has 0 radical (unpaired) electrons. The number of amides is 1. The number of alkyl halides is 3. The van der Waals surface area contributed by atoms with Gasteiger partial charge < -0.3 is 10.4 Å². The van der Waals surface area contributed by atoms with Crippen molar-refractivity contribution in [2.75, 3.05) is 19.6 Å². The lowest BCUT2D eigenvalue weighted by Gasteiger charge is -2.33. The number of hydrogen-bond donors (Lipinski definition) is 2. The van der Waals surface area contributed by atoms with Crippen LogP contribution in [-0.4, -0.2) is 53.7 Å². The molecule has 1 heterocycles. The van der Waals surface area contributed by atoms with E-state index in [-0.39, 0.29) is 12.5 Å². The van der Waals surface area contributed by atoms with E-state index in [1.807, 2.05) is 13.8 Å². The summed E-state index contributed by atoms with van der Waals surface area (Å²) in [6.07, 6.45) is -3.02. The third-order valence-electron chi connectivity index (χ3n) is 3.60. The summed E-state index contributed by atoms with van der Waals surface area (Å²) in [5.74, 6) is -2.09. The molecule has 0 spiro atoms. The fourth-order valence-corrected chi connectivity index (χ4v) is 2.65. The van der Waals surface area contributed by atoms with Crippen LogP contribution in [-0.2, 0) is 9.59 Å². The molecule has 2 N–H and O–H groups in total. The van der Waals surface area contributed by atoms with Crippen LogP contribution in [0.2, 0.25) is 0 Å². The second-order valence-electron chi connectivity index (χ2n) is 6.22. The first-order valence-electron chi connectivity index (χ1n) is 7.40. The molecule has 1 rings (SSSR count). The molecule has 1 aliphatic rings. The number of carboxylic acids is 1. The number of hydrogen-bond acceptors (Lipinski definition) is 3. The predicted molar refractivity (Wildman–Crippen MR) is 74.2 cm³/mol. The second-order valence-corrected chi connectivity index (χ2v) is 6.22. The summed E-state index contributed by atoms with van der Waals surface area (Å²) in [6, 6.07) is -0.995. The molecule has 1 amide bonds. The van der Waals surface area contributed by atoms with Gasteiger partial charge in [0.2, 0.25) is 5.91 Å². The Hall–Kier alpha value is -1.31. The molecule has 0 aliphatic carbocycles. The lowest BCUT2D eigenvalue weighted by Crippen LogP contribution is -2.49. The number of carbonyl (C=O) groups is 2. The molecular formula is C14H23F3N2O3. The maximum Gasteiger partial charge on any atom is 0.401 e. The van der Waals surface area contributed by atoms with Gasteiger partial charge in [0.25, 0.3) is 0 Å². The molecule has 1 aliphatic heterocycles. The normalized spacial score (nSPS) is 21.6. The third kappa shape index (κ3) is 6.64. The van der Waals surface area contributed by atoms with Gasteiger partial charge in [-0.3, -0.25) is 9.69 Å². The van der Waals surface area contributed by atoms with Crippen molar-refractivity contribution in [2.45, 2.75) is 45.3 Å². The minimum atomic E-state index is -4.29. The molecule has 2 atom stereocenters. The first-order valence-corrected chi connectivity index (χ1v) is 7.40. The quantitative estimate of drug-likeness (QED) is 0.783. The fourth-order valence-electron chi connectivity index (χ4n) is 2.65. The van der Waals surface area contributed by atoms with Crippen LogP contribution in [0.4, 0.5) is 13.2 Å². The molecule has 0 saturated carbocycles. The van der Waals surface area contributed by atoms with Crippen LogP contribution >= 0.6 is 0 Å². The average molecular weight is 324 g/mol. The summed E-state index contributed by atoms with van der Waals surface area (Å²) in [7, 11) is 0. The van der Waals surface area contributed by atoms with Crippen molar-refractivity contribution in [1.82, 2.24) is 10.2 Å². The van der Waals surface area contributed by atoms with E-state index in [0.29, 0.717) is 25.8 Å². The molecule has 8 heteroatoms. The van der Waals surface area contributed by atoms with Gasteiger partial charge in [-0.1, -0.05) is 13.8 Å². The van der Waals surface area contributed by atoms with E-state index in [1.54, 1.807) is 0 Å². The minimum Gasteiger partial charge on any atom is -0.480 e. The van der Waals surface area contributed by atoms with Gasteiger partial charge in [0.1, 0.15) is 6.04 Å². The number of nitrogens with one attached hydrogen (secondary N) is 1. The summed E-state index contributed by atoms with van der Waals surface area (Å²) in [4.78, 5) is 24.5. The number of piperidine rings is 1. The first kappa shape index (κ1) is 18.7. The highest BCUT2D eigenvalue weighted by atomic mass is 19.4. The van der Waals surface area contributed by atoms with Crippen molar-refractivity contribution in [3.05, 3.63) is 0 Å². The van der Waals surface area contributed by atoms with Crippen molar-refractivity contribution in [2.24, 2.45) is 11.8 Å². The van der Waals surface area contributed by atoms with Crippen molar-refractivity contribution in [1.29, 1.82) is 0 Å². The molecule has 1 saturated heterocycles.